The minimum atomic E-state index is -0.830. The summed E-state index contributed by atoms with van der Waals surface area (Å²) in [6, 6.07) is 6.06. The number of nitrogens with one attached hydrogen (secondary N) is 1. The molecule has 0 heterocycles. The Labute approximate surface area is 144 Å². The number of rotatable bonds is 6. The molecular formula is C14H8ClFN4O5. The number of carbonyl (C=O) groups excluding carboxylic acids is 1. The van der Waals surface area contributed by atoms with Gasteiger partial charge in [0, 0.05) is 11.6 Å². The van der Waals surface area contributed by atoms with Gasteiger partial charge in [0.25, 0.3) is 5.69 Å². The fourth-order valence-corrected chi connectivity index (χ4v) is 2.06. The second-order valence-electron chi connectivity index (χ2n) is 4.57. The maximum absolute atomic E-state index is 12.9. The summed E-state index contributed by atoms with van der Waals surface area (Å²) >= 11 is 5.74. The van der Waals surface area contributed by atoms with Crippen LogP contribution in [-0.2, 0) is 0 Å². The minimum Gasteiger partial charge on any atom is -0.287 e. The summed E-state index contributed by atoms with van der Waals surface area (Å²) in [5.41, 5.74) is 1.06. The Hall–Kier alpha value is -3.40. The lowest BCUT2D eigenvalue weighted by Crippen LogP contribution is -2.04. The van der Waals surface area contributed by atoms with Gasteiger partial charge in [-0.05, 0) is 24.3 Å². The molecule has 0 saturated carbocycles. The molecule has 0 spiro atoms. The summed E-state index contributed by atoms with van der Waals surface area (Å²) in [7, 11) is 0. The highest BCUT2D eigenvalue weighted by Gasteiger charge is 2.19. The average Bonchev–Trinajstić information content (AvgIpc) is 2.54. The number of benzene rings is 2. The lowest BCUT2D eigenvalue weighted by atomic mass is 10.1. The number of non-ortho nitro benzene ring substituents is 1. The third-order valence-corrected chi connectivity index (χ3v) is 3.26. The molecule has 0 radical (unpaired) electrons. The van der Waals surface area contributed by atoms with Crippen LogP contribution in [-0.4, -0.2) is 21.8 Å². The van der Waals surface area contributed by atoms with Gasteiger partial charge in [0.1, 0.15) is 11.5 Å². The van der Waals surface area contributed by atoms with E-state index in [1.54, 1.807) is 0 Å². The summed E-state index contributed by atoms with van der Waals surface area (Å²) in [6.07, 6.45) is 0.796. The Morgan fingerprint density at radius 3 is 2.48 bits per heavy atom. The maximum Gasteiger partial charge on any atom is 0.301 e. The lowest BCUT2D eigenvalue weighted by molar-refractivity contribution is -0.393. The third-order valence-electron chi connectivity index (χ3n) is 2.95. The number of nitro benzene ring substituents is 2. The van der Waals surface area contributed by atoms with Crippen LogP contribution in [0.5, 0.6) is 0 Å². The van der Waals surface area contributed by atoms with E-state index >= 15 is 0 Å². The van der Waals surface area contributed by atoms with Gasteiger partial charge in [0.05, 0.1) is 27.2 Å². The second-order valence-corrected chi connectivity index (χ2v) is 4.98. The monoisotopic (exact) mass is 366 g/mol. The molecule has 0 bridgehead atoms. The highest BCUT2D eigenvalue weighted by Crippen LogP contribution is 2.28. The molecule has 2 aromatic carbocycles. The predicted octanol–water partition coefficient (Wildman–Crippen LogP) is 3.58. The Morgan fingerprint density at radius 1 is 1.16 bits per heavy atom. The van der Waals surface area contributed by atoms with E-state index in [1.807, 2.05) is 0 Å². The van der Waals surface area contributed by atoms with Crippen molar-refractivity contribution in [1.82, 2.24) is 0 Å². The Kier molecular flexibility index (Phi) is 5.35. The van der Waals surface area contributed by atoms with Crippen molar-refractivity contribution in [3.8, 4) is 0 Å². The number of hydrogen-bond donors (Lipinski definition) is 1. The van der Waals surface area contributed by atoms with Crippen LogP contribution in [0.1, 0.15) is 10.4 Å². The molecule has 11 heteroatoms. The molecule has 2 rings (SSSR count). The minimum absolute atomic E-state index is 0.00758. The third kappa shape index (κ3) is 4.32. The van der Waals surface area contributed by atoms with Gasteiger partial charge in [0.15, 0.2) is 0 Å². The van der Waals surface area contributed by atoms with Crippen molar-refractivity contribution in [2.75, 3.05) is 5.43 Å². The first-order valence-electron chi connectivity index (χ1n) is 6.51. The smallest absolute Gasteiger partial charge is 0.287 e. The number of ketones is 1. The summed E-state index contributed by atoms with van der Waals surface area (Å²) in [6.45, 7) is 0. The molecule has 0 aliphatic heterocycles. The zero-order valence-corrected chi connectivity index (χ0v) is 12.9. The van der Waals surface area contributed by atoms with Gasteiger partial charge in [0.2, 0.25) is 5.78 Å². The van der Waals surface area contributed by atoms with Crippen LogP contribution < -0.4 is 5.43 Å². The normalized spacial score (nSPS) is 10.6. The predicted molar refractivity (Wildman–Crippen MR) is 87.6 cm³/mol. The molecular weight excluding hydrogens is 359 g/mol. The van der Waals surface area contributed by atoms with Crippen molar-refractivity contribution < 1.29 is 19.0 Å². The summed E-state index contributed by atoms with van der Waals surface area (Å²) in [4.78, 5) is 31.9. The lowest BCUT2D eigenvalue weighted by Gasteiger charge is -2.02. The van der Waals surface area contributed by atoms with Crippen LogP contribution in [0.3, 0.4) is 0 Å². The number of hydrogen-bond acceptors (Lipinski definition) is 7. The first-order valence-corrected chi connectivity index (χ1v) is 6.88. The largest absolute Gasteiger partial charge is 0.301 e. The SMILES string of the molecule is O=C(/C=N\Nc1ccc([N+](=O)[O-])cc1[N+](=O)[O-])c1ccc(F)cc1Cl. The van der Waals surface area contributed by atoms with E-state index in [-0.39, 0.29) is 16.3 Å². The highest BCUT2D eigenvalue weighted by molar-refractivity contribution is 6.42. The van der Waals surface area contributed by atoms with Crippen molar-refractivity contribution in [3.63, 3.8) is 0 Å². The fraction of sp³-hybridized carbons (Fsp3) is 0. The summed E-state index contributed by atoms with van der Waals surface area (Å²) in [5, 5.41) is 25.0. The van der Waals surface area contributed by atoms with E-state index < -0.39 is 32.8 Å². The highest BCUT2D eigenvalue weighted by atomic mass is 35.5. The van der Waals surface area contributed by atoms with Gasteiger partial charge in [-0.3, -0.25) is 30.4 Å². The first kappa shape index (κ1) is 17.9. The van der Waals surface area contributed by atoms with E-state index in [0.717, 1.165) is 36.5 Å². The average molecular weight is 367 g/mol. The van der Waals surface area contributed by atoms with Crippen LogP contribution in [0.4, 0.5) is 21.5 Å². The standard InChI is InChI=1S/C14H8ClFN4O5/c15-11-5-8(16)1-3-10(11)14(21)7-17-18-12-4-2-9(19(22)23)6-13(12)20(24)25/h1-7,18H/b17-7-. The molecule has 25 heavy (non-hydrogen) atoms. The van der Waals surface area contributed by atoms with E-state index in [0.29, 0.717) is 0 Å². The Balaban J connectivity index is 2.20. The number of Topliss-reactive ketones (excluding diaryl/α,β-unsaturated/α-hetero) is 1. The number of halogens is 2. The number of anilines is 1. The molecule has 0 aromatic heterocycles. The number of carbonyl (C=O) groups is 1. The second kappa shape index (κ2) is 7.45. The molecule has 0 unspecified atom stereocenters. The van der Waals surface area contributed by atoms with Gasteiger partial charge in [-0.2, -0.15) is 5.10 Å². The van der Waals surface area contributed by atoms with Crippen LogP contribution in [0.15, 0.2) is 41.5 Å². The van der Waals surface area contributed by atoms with E-state index in [9.17, 15) is 29.4 Å². The van der Waals surface area contributed by atoms with Gasteiger partial charge in [-0.25, -0.2) is 4.39 Å². The van der Waals surface area contributed by atoms with Gasteiger partial charge >= 0.3 is 5.69 Å². The molecule has 2 aromatic rings. The zero-order valence-electron chi connectivity index (χ0n) is 12.2. The molecule has 128 valence electrons. The molecule has 0 atom stereocenters. The van der Waals surface area contributed by atoms with E-state index in [1.165, 1.54) is 6.07 Å². The maximum atomic E-state index is 12.9. The number of hydrazone groups is 1. The topological polar surface area (TPSA) is 128 Å². The van der Waals surface area contributed by atoms with Crippen LogP contribution >= 0.6 is 11.6 Å². The van der Waals surface area contributed by atoms with Crippen molar-refractivity contribution in [1.29, 1.82) is 0 Å². The van der Waals surface area contributed by atoms with Crippen molar-refractivity contribution in [2.45, 2.75) is 0 Å². The Morgan fingerprint density at radius 2 is 1.88 bits per heavy atom. The van der Waals surface area contributed by atoms with E-state index in [4.69, 9.17) is 11.6 Å². The van der Waals surface area contributed by atoms with Crippen molar-refractivity contribution in [2.24, 2.45) is 5.10 Å². The quantitative estimate of drug-likeness (QED) is 0.360. The van der Waals surface area contributed by atoms with Crippen LogP contribution in [0.25, 0.3) is 0 Å². The molecule has 0 aliphatic carbocycles. The molecule has 0 fully saturated rings. The first-order chi connectivity index (χ1) is 11.8. The van der Waals surface area contributed by atoms with Crippen LogP contribution in [0, 0.1) is 26.0 Å². The van der Waals surface area contributed by atoms with Gasteiger partial charge < -0.3 is 0 Å². The van der Waals surface area contributed by atoms with Crippen molar-refractivity contribution in [3.05, 3.63) is 73.0 Å². The number of nitro groups is 2. The van der Waals surface area contributed by atoms with Crippen LogP contribution in [0.2, 0.25) is 5.02 Å². The number of nitrogens with zero attached hydrogens (tertiary/aromatic N) is 3. The van der Waals surface area contributed by atoms with E-state index in [2.05, 4.69) is 10.5 Å². The molecule has 1 N–H and O–H groups in total. The molecule has 0 saturated heterocycles. The molecule has 9 nitrogen and oxygen atoms in total. The Bertz CT molecular complexity index is 903. The van der Waals surface area contributed by atoms with Gasteiger partial charge in [-0.15, -0.1) is 0 Å². The van der Waals surface area contributed by atoms with Crippen molar-refractivity contribution >= 4 is 40.7 Å². The zero-order chi connectivity index (χ0) is 18.6. The molecule has 0 amide bonds. The summed E-state index contributed by atoms with van der Waals surface area (Å²) in [5.74, 6) is -1.28. The van der Waals surface area contributed by atoms with Gasteiger partial charge in [-0.1, -0.05) is 11.6 Å². The molecule has 0 aliphatic rings. The fourth-order valence-electron chi connectivity index (χ4n) is 1.80. The summed E-state index contributed by atoms with van der Waals surface area (Å²) < 4.78 is 12.9.